The molecule has 0 amide bonds. The Kier molecular flexibility index (Phi) is 34.3. The van der Waals surface area contributed by atoms with E-state index in [0.29, 0.717) is 84.2 Å². The monoisotopic (exact) mass is 1240 g/mol. The van der Waals surface area contributed by atoms with E-state index < -0.39 is 23.7 Å². The van der Waals surface area contributed by atoms with Crippen LogP contribution < -0.4 is 9.47 Å². The molecule has 0 fully saturated rings. The number of methoxy groups -OCH3 is 2. The number of carbonyl (C=O) groups is 3. The number of hydrogen-bond donors (Lipinski definition) is 3. The van der Waals surface area contributed by atoms with Crippen LogP contribution >= 0.6 is 60.2 Å². The van der Waals surface area contributed by atoms with Crippen molar-refractivity contribution in [3.8, 4) is 17.2 Å². The highest BCUT2D eigenvalue weighted by Gasteiger charge is 2.18. The fourth-order valence-electron chi connectivity index (χ4n) is 6.47. The lowest BCUT2D eigenvalue weighted by Gasteiger charge is -2.08. The van der Waals surface area contributed by atoms with Crippen LogP contribution in [0.4, 0.5) is 13.2 Å². The fraction of sp³-hybridized carbons (Fsp3) is 0.291. The largest absolute Gasteiger partial charge is 0.508 e. The molecule has 0 saturated carbocycles. The number of hydrogen-bond acceptors (Lipinski definition) is 19. The van der Waals surface area contributed by atoms with E-state index in [0.717, 1.165) is 18.2 Å². The molecule has 3 aromatic carbocycles. The molecule has 2 N–H and O–H groups in total. The number of phenolic OH excluding ortho intramolecular Hbond substituents is 1. The number of rotatable bonds is 15. The summed E-state index contributed by atoms with van der Waals surface area (Å²) in [6.07, 6.45) is 9.29. The van der Waals surface area contributed by atoms with Crippen LogP contribution in [0.5, 0.6) is 17.2 Å². The molecule has 9 aromatic rings. The zero-order valence-electron chi connectivity index (χ0n) is 42.5. The van der Waals surface area contributed by atoms with Crippen LogP contribution in [0.25, 0.3) is 16.9 Å². The van der Waals surface area contributed by atoms with Gasteiger partial charge < -0.3 is 33.9 Å². The number of nitrogens with zero attached hydrogens (tertiary/aromatic N) is 9. The van der Waals surface area contributed by atoms with Crippen molar-refractivity contribution in [2.24, 2.45) is 0 Å². The van der Waals surface area contributed by atoms with Gasteiger partial charge in [-0.3, -0.25) is 0 Å². The molecule has 82 heavy (non-hydrogen) atoms. The smallest absolute Gasteiger partial charge is 0.343 e. The summed E-state index contributed by atoms with van der Waals surface area (Å²) in [5.41, 5.74) is 4.11. The van der Waals surface area contributed by atoms with Crippen molar-refractivity contribution >= 4 is 95.0 Å². The maximum atomic E-state index is 13.4. The minimum Gasteiger partial charge on any atom is -0.508 e. The van der Waals surface area contributed by atoms with Crippen molar-refractivity contribution in [3.05, 3.63) is 166 Å². The van der Waals surface area contributed by atoms with Crippen LogP contribution in [0.1, 0.15) is 98.2 Å². The maximum Gasteiger partial charge on any atom is 0.343 e. The van der Waals surface area contributed by atoms with E-state index in [1.165, 1.54) is 98.1 Å². The molecular weight excluding hydrogens is 1170 g/mol. The number of fused-ring (bicyclic) bond motifs is 3. The van der Waals surface area contributed by atoms with E-state index in [1.807, 2.05) is 0 Å². The van der Waals surface area contributed by atoms with Gasteiger partial charge in [0.05, 0.1) is 52.6 Å². The van der Waals surface area contributed by atoms with E-state index in [1.54, 1.807) is 83.9 Å². The molecule has 446 valence electrons. The van der Waals surface area contributed by atoms with Gasteiger partial charge in [-0.2, -0.15) is 27.9 Å². The highest BCUT2D eigenvalue weighted by molar-refractivity contribution is 7.98. The number of thioether (sulfide) groups is 2. The quantitative estimate of drug-likeness (QED) is 0.0285. The van der Waals surface area contributed by atoms with Gasteiger partial charge in [0.1, 0.15) is 66.6 Å². The first-order valence-corrected chi connectivity index (χ1v) is 25.8. The zero-order valence-corrected chi connectivity index (χ0v) is 46.6. The summed E-state index contributed by atoms with van der Waals surface area (Å²) < 4.78 is 68.8. The molecule has 9 rings (SSSR count). The summed E-state index contributed by atoms with van der Waals surface area (Å²) in [7, 11) is 4.10. The number of esters is 3. The molecule has 27 heteroatoms. The van der Waals surface area contributed by atoms with Gasteiger partial charge in [0.25, 0.3) is 0 Å². The summed E-state index contributed by atoms with van der Waals surface area (Å²) in [4.78, 5) is 48.2. The Morgan fingerprint density at radius 1 is 0.561 bits per heavy atom. The number of halogens is 5. The standard InChI is InChI=1S/C17H16FN3O3S.C16H14FN3O3S.C9H8ClN3O2.C8H9FOS.CH4O.4CH4.ClH/c1-3-24-17(22)13-9-19-21-7-6-15(20-16(13)21)25-10-11-8-12(18)4-5-14(11)23-2;1-2-23-16(22)12-8-18-20-6-5-14(19-15(12)20)24-9-10-7-11(17)3-4-13(10)21;1-2-15-9(14)6-5-11-13-4-3-7(10)12-8(6)13;1-10-8-3-2-7(9)4-6(8)5-11;1-2;;;;;/h4-9H,3,10H2,1-2H3;3-8,21H,2,9H2,1H3;3-5H,2H2,1H3;2-4,11H,5H2,1H3;2H,1H3;4*1H4;1H. The highest BCUT2D eigenvalue weighted by atomic mass is 35.5. The van der Waals surface area contributed by atoms with Crippen LogP contribution in [-0.4, -0.2) is 113 Å². The summed E-state index contributed by atoms with van der Waals surface area (Å²) in [6.45, 7) is 6.07. The molecule has 0 atom stereocenters. The Balaban J connectivity index is 0.00000108. The summed E-state index contributed by atoms with van der Waals surface area (Å²) >= 11 is 12.5. The molecule has 0 saturated heterocycles. The predicted molar refractivity (Wildman–Crippen MR) is 320 cm³/mol. The average molecular weight is 1240 g/mol. The van der Waals surface area contributed by atoms with Crippen LogP contribution in [0.3, 0.4) is 0 Å². The molecule has 19 nitrogen and oxygen atoms in total. The number of phenols is 1. The lowest BCUT2D eigenvalue weighted by Crippen LogP contribution is -2.05. The summed E-state index contributed by atoms with van der Waals surface area (Å²) in [6, 6.07) is 17.7. The highest BCUT2D eigenvalue weighted by Crippen LogP contribution is 2.30. The number of aromatic nitrogens is 9. The second-order valence-corrected chi connectivity index (χ2v) is 17.5. The second-order valence-electron chi connectivity index (χ2n) is 14.8. The van der Waals surface area contributed by atoms with Crippen molar-refractivity contribution in [2.45, 2.75) is 77.8 Å². The first-order chi connectivity index (χ1) is 37.2. The van der Waals surface area contributed by atoms with Gasteiger partial charge in [0, 0.05) is 59.6 Å². The van der Waals surface area contributed by atoms with Crippen LogP contribution in [-0.2, 0) is 31.5 Å². The normalized spacial score (nSPS) is 9.80. The van der Waals surface area contributed by atoms with Crippen molar-refractivity contribution in [1.82, 2.24) is 43.8 Å². The molecule has 0 aliphatic rings. The third-order valence-electron chi connectivity index (χ3n) is 9.96. The summed E-state index contributed by atoms with van der Waals surface area (Å²) in [5, 5.41) is 30.5. The molecule has 0 spiro atoms. The van der Waals surface area contributed by atoms with E-state index in [-0.39, 0.29) is 78.3 Å². The van der Waals surface area contributed by atoms with Crippen molar-refractivity contribution in [2.75, 3.05) is 41.2 Å². The van der Waals surface area contributed by atoms with Gasteiger partial charge in [0.2, 0.25) is 0 Å². The summed E-state index contributed by atoms with van der Waals surface area (Å²) in [5.74, 6) is 0.270. The first kappa shape index (κ1) is 74.7. The number of ether oxygens (including phenoxy) is 5. The second kappa shape index (κ2) is 37.7. The van der Waals surface area contributed by atoms with Crippen LogP contribution in [0, 0.1) is 17.5 Å². The van der Waals surface area contributed by atoms with Gasteiger partial charge in [-0.15, -0.1) is 35.9 Å². The average Bonchev–Trinajstić information content (AvgIpc) is 4.19. The van der Waals surface area contributed by atoms with Gasteiger partial charge in [0.15, 0.2) is 16.9 Å². The number of thiol groups is 1. The van der Waals surface area contributed by atoms with Gasteiger partial charge in [-0.1, -0.05) is 41.3 Å². The number of aliphatic hydroxyl groups is 1. The predicted octanol–water partition coefficient (Wildman–Crippen LogP) is 12.8. The lowest BCUT2D eigenvalue weighted by molar-refractivity contribution is 0.0518. The Labute approximate surface area is 499 Å². The third kappa shape index (κ3) is 20.6. The Morgan fingerprint density at radius 3 is 1.32 bits per heavy atom. The SMILES string of the molecule is C.C.C.C.CCOC(=O)c1cnn2ccc(Cl)nc12.CCOC(=O)c1cnn2ccc(SCc3cc(F)ccc3O)nc12.CCOC(=O)c1cnn2ccc(SCc3cc(F)ccc3OC)nc12.CO.COc1ccc(F)cc1CS.Cl. The van der Waals surface area contributed by atoms with Crippen molar-refractivity contribution in [3.63, 3.8) is 0 Å². The first-order valence-electron chi connectivity index (χ1n) is 22.8. The molecular formula is C55H68Cl2F3N9O10S3. The molecule has 6 heterocycles. The van der Waals surface area contributed by atoms with Gasteiger partial charge in [-0.25, -0.2) is 56.1 Å². The molecule has 0 bridgehead atoms. The Morgan fingerprint density at radius 2 is 0.915 bits per heavy atom. The molecule has 0 unspecified atom stereocenters. The fourth-order valence-corrected chi connectivity index (χ4v) is 8.54. The van der Waals surface area contributed by atoms with Crippen molar-refractivity contribution < 1.29 is 61.5 Å². The maximum absolute atomic E-state index is 13.4. The molecule has 0 aliphatic carbocycles. The van der Waals surface area contributed by atoms with E-state index >= 15 is 0 Å². The molecule has 6 aromatic heterocycles. The minimum absolute atomic E-state index is 0. The lowest BCUT2D eigenvalue weighted by atomic mass is 10.2. The molecule has 0 aliphatic heterocycles. The Hall–Kier alpha value is -7.29. The number of aromatic hydroxyl groups is 1. The van der Waals surface area contributed by atoms with Crippen LogP contribution in [0.15, 0.2) is 120 Å². The number of aliphatic hydroxyl groups excluding tert-OH is 1. The Bertz CT molecular complexity index is 3430. The van der Waals surface area contributed by atoms with E-state index in [2.05, 4.69) is 42.9 Å². The minimum atomic E-state index is -0.482. The molecule has 0 radical (unpaired) electrons. The van der Waals surface area contributed by atoms with Gasteiger partial charge in [-0.05, 0) is 93.6 Å². The topological polar surface area (TPSA) is 228 Å². The third-order valence-corrected chi connectivity index (χ3v) is 12.5. The number of benzene rings is 3. The van der Waals surface area contributed by atoms with Crippen LogP contribution in [0.2, 0.25) is 5.15 Å². The number of carbonyl (C=O) groups excluding carboxylic acids is 3. The van der Waals surface area contributed by atoms with E-state index in [9.17, 15) is 32.7 Å². The zero-order chi connectivity index (χ0) is 56.0. The van der Waals surface area contributed by atoms with Crippen molar-refractivity contribution in [1.29, 1.82) is 0 Å². The van der Waals surface area contributed by atoms with E-state index in [4.69, 9.17) is 40.4 Å². The van der Waals surface area contributed by atoms with Gasteiger partial charge >= 0.3 is 17.9 Å².